The molecule has 1 aromatic heterocycles. The zero-order chi connectivity index (χ0) is 16.2. The molecule has 2 heterocycles. The van der Waals surface area contributed by atoms with Crippen LogP contribution in [0.3, 0.4) is 0 Å². The van der Waals surface area contributed by atoms with Crippen molar-refractivity contribution >= 4 is 0 Å². The molecule has 6 heteroatoms. The molecule has 0 bridgehead atoms. The second-order valence-corrected chi connectivity index (χ2v) is 5.95. The van der Waals surface area contributed by atoms with Crippen molar-refractivity contribution in [1.29, 1.82) is 0 Å². The average Bonchev–Trinajstić information content (AvgIpc) is 2.97. The first-order valence-corrected chi connectivity index (χ1v) is 7.89. The van der Waals surface area contributed by atoms with E-state index in [1.54, 1.807) is 0 Å². The van der Waals surface area contributed by atoms with Crippen LogP contribution in [0.5, 0.6) is 5.75 Å². The molecule has 2 aromatic rings. The van der Waals surface area contributed by atoms with E-state index in [1.165, 1.54) is 17.5 Å². The molecule has 0 spiro atoms. The van der Waals surface area contributed by atoms with Crippen molar-refractivity contribution < 1.29 is 14.3 Å². The molecule has 1 aromatic carbocycles. The third-order valence-electron chi connectivity index (χ3n) is 4.22. The van der Waals surface area contributed by atoms with Gasteiger partial charge in [0.2, 0.25) is 0 Å². The molecule has 0 aliphatic carbocycles. The molecule has 124 valence electrons. The van der Waals surface area contributed by atoms with Crippen LogP contribution in [-0.4, -0.2) is 40.7 Å². The van der Waals surface area contributed by atoms with Gasteiger partial charge in [0.15, 0.2) is 12.2 Å². The first-order chi connectivity index (χ1) is 11.2. The fourth-order valence-electron chi connectivity index (χ4n) is 2.82. The van der Waals surface area contributed by atoms with Crippen LogP contribution in [0.25, 0.3) is 0 Å². The number of aliphatic hydroxyl groups is 1. The van der Waals surface area contributed by atoms with Gasteiger partial charge < -0.3 is 20.0 Å². The first kappa shape index (κ1) is 16.0. The molecule has 0 unspecified atom stereocenters. The molecule has 6 nitrogen and oxygen atoms in total. The summed E-state index contributed by atoms with van der Waals surface area (Å²) in [5, 5.41) is 9.68. The normalized spacial score (nSPS) is 16.1. The number of hydrogen-bond acceptors (Lipinski definition) is 6. The topological polar surface area (TPSA) is 84.8 Å². The highest BCUT2D eigenvalue weighted by Gasteiger charge is 2.18. The molecule has 0 saturated carbocycles. The number of ether oxygens (including phenoxy) is 1. The number of benzene rings is 1. The van der Waals surface area contributed by atoms with Gasteiger partial charge in [-0.05, 0) is 36.6 Å². The molecule has 0 amide bonds. The highest BCUT2D eigenvalue weighted by atomic mass is 16.5. The van der Waals surface area contributed by atoms with Crippen molar-refractivity contribution in [3.05, 3.63) is 47.2 Å². The lowest BCUT2D eigenvalue weighted by molar-refractivity contribution is 0.111. The minimum absolute atomic E-state index is 0.303. The fraction of sp³-hybridized carbons (Fsp3) is 0.471. The zero-order valence-corrected chi connectivity index (χ0v) is 13.4. The lowest BCUT2D eigenvalue weighted by atomic mass is 9.99. The highest BCUT2D eigenvalue weighted by molar-refractivity contribution is 5.37. The monoisotopic (exact) mass is 317 g/mol. The van der Waals surface area contributed by atoms with Gasteiger partial charge >= 0.3 is 0 Å². The Morgan fingerprint density at radius 2 is 2.30 bits per heavy atom. The molecule has 0 fully saturated rings. The summed E-state index contributed by atoms with van der Waals surface area (Å²) in [7, 11) is 0. The second kappa shape index (κ2) is 7.12. The van der Waals surface area contributed by atoms with Gasteiger partial charge in [0.1, 0.15) is 12.4 Å². The van der Waals surface area contributed by atoms with Crippen molar-refractivity contribution in [3.63, 3.8) is 0 Å². The maximum atomic E-state index is 9.68. The number of aromatic nitrogens is 1. The number of aliphatic hydroxyl groups excluding tert-OH is 1. The van der Waals surface area contributed by atoms with Crippen LogP contribution in [0.2, 0.25) is 0 Å². The fourth-order valence-corrected chi connectivity index (χ4v) is 2.82. The zero-order valence-electron chi connectivity index (χ0n) is 13.4. The molecule has 1 atom stereocenters. The lowest BCUT2D eigenvalue weighted by Gasteiger charge is -2.30. The van der Waals surface area contributed by atoms with Crippen molar-refractivity contribution in [1.82, 2.24) is 9.88 Å². The van der Waals surface area contributed by atoms with Gasteiger partial charge in [-0.2, -0.15) is 0 Å². The summed E-state index contributed by atoms with van der Waals surface area (Å²) in [6.45, 7) is 4.98. The Morgan fingerprint density at radius 1 is 1.43 bits per heavy atom. The average molecular weight is 317 g/mol. The number of fused-ring (bicyclic) bond motifs is 1. The van der Waals surface area contributed by atoms with Crippen molar-refractivity contribution in [2.45, 2.75) is 32.6 Å². The van der Waals surface area contributed by atoms with Gasteiger partial charge in [-0.15, -0.1) is 0 Å². The molecular formula is C17H23N3O3. The van der Waals surface area contributed by atoms with E-state index in [-0.39, 0.29) is 0 Å². The smallest absolute Gasteiger partial charge is 0.181 e. The molecule has 1 aliphatic heterocycles. The van der Waals surface area contributed by atoms with Gasteiger partial charge in [0.25, 0.3) is 0 Å². The number of hydrogen-bond donors (Lipinski definition) is 2. The summed E-state index contributed by atoms with van der Waals surface area (Å²) in [6.07, 6.45) is 1.93. The summed E-state index contributed by atoms with van der Waals surface area (Å²) in [5.74, 6) is 1.60. The predicted octanol–water partition coefficient (Wildman–Crippen LogP) is 1.24. The Labute approximate surface area is 135 Å². The van der Waals surface area contributed by atoms with Crippen molar-refractivity contribution in [2.24, 2.45) is 5.73 Å². The third-order valence-corrected chi connectivity index (χ3v) is 4.22. The van der Waals surface area contributed by atoms with Gasteiger partial charge in [-0.3, -0.25) is 4.90 Å². The molecule has 1 aliphatic rings. The van der Waals surface area contributed by atoms with Gasteiger partial charge in [-0.25, -0.2) is 4.98 Å². The summed E-state index contributed by atoms with van der Waals surface area (Å²) in [5.41, 5.74) is 8.92. The number of rotatable bonds is 6. The Morgan fingerprint density at radius 3 is 3.04 bits per heavy atom. The van der Waals surface area contributed by atoms with Gasteiger partial charge in [0.05, 0.1) is 11.8 Å². The van der Waals surface area contributed by atoms with Crippen LogP contribution in [0.15, 0.2) is 29.0 Å². The Hall–Kier alpha value is -1.89. The number of aryl methyl sites for hydroxylation is 1. The molecule has 3 N–H and O–H groups in total. The third kappa shape index (κ3) is 3.90. The SMILES string of the molecule is Cc1ncoc1COc1ccc2c(c1)CCN(C[C@@H](O)CN)C2. The van der Waals surface area contributed by atoms with Crippen LogP contribution in [0.4, 0.5) is 0 Å². The summed E-state index contributed by atoms with van der Waals surface area (Å²) < 4.78 is 11.1. The Kier molecular flexibility index (Phi) is 4.95. The maximum absolute atomic E-state index is 9.68. The first-order valence-electron chi connectivity index (χ1n) is 7.89. The summed E-state index contributed by atoms with van der Waals surface area (Å²) in [6, 6.07) is 6.17. The van der Waals surface area contributed by atoms with E-state index >= 15 is 0 Å². The molecule has 0 saturated heterocycles. The largest absolute Gasteiger partial charge is 0.486 e. The molecule has 0 radical (unpaired) electrons. The number of nitrogens with two attached hydrogens (primary N) is 1. The highest BCUT2D eigenvalue weighted by Crippen LogP contribution is 2.24. The summed E-state index contributed by atoms with van der Waals surface area (Å²) >= 11 is 0. The van der Waals surface area contributed by atoms with E-state index in [0.29, 0.717) is 19.7 Å². The molecular weight excluding hydrogens is 294 g/mol. The number of nitrogens with zero attached hydrogens (tertiary/aromatic N) is 2. The molecule has 23 heavy (non-hydrogen) atoms. The van der Waals surface area contributed by atoms with Crippen molar-refractivity contribution in [2.75, 3.05) is 19.6 Å². The van der Waals surface area contributed by atoms with E-state index in [0.717, 1.165) is 36.7 Å². The lowest BCUT2D eigenvalue weighted by Crippen LogP contribution is -2.39. The van der Waals surface area contributed by atoms with Gasteiger partial charge in [0, 0.05) is 26.2 Å². The summed E-state index contributed by atoms with van der Waals surface area (Å²) in [4.78, 5) is 6.29. The van der Waals surface area contributed by atoms with Crippen molar-refractivity contribution in [3.8, 4) is 5.75 Å². The second-order valence-electron chi connectivity index (χ2n) is 5.95. The van der Waals surface area contributed by atoms with E-state index in [2.05, 4.69) is 22.0 Å². The number of oxazole rings is 1. The van der Waals surface area contributed by atoms with Crippen LogP contribution >= 0.6 is 0 Å². The maximum Gasteiger partial charge on any atom is 0.181 e. The van der Waals surface area contributed by atoms with E-state index in [9.17, 15) is 5.11 Å². The van der Waals surface area contributed by atoms with Gasteiger partial charge in [-0.1, -0.05) is 6.07 Å². The Balaban J connectivity index is 1.61. The number of β-amino-alcohol motifs (C(OH)–C–C–N with tert-alkyl or cyclic N) is 1. The minimum Gasteiger partial charge on any atom is -0.486 e. The van der Waals surface area contributed by atoms with E-state index < -0.39 is 6.10 Å². The van der Waals surface area contributed by atoms with Crippen LogP contribution in [-0.2, 0) is 19.6 Å². The minimum atomic E-state index is -0.454. The van der Waals surface area contributed by atoms with E-state index in [4.69, 9.17) is 14.9 Å². The van der Waals surface area contributed by atoms with Crippen LogP contribution in [0, 0.1) is 6.92 Å². The van der Waals surface area contributed by atoms with E-state index in [1.807, 2.05) is 13.0 Å². The predicted molar refractivity (Wildman–Crippen MR) is 86.1 cm³/mol. The molecule has 3 rings (SSSR count). The Bertz CT molecular complexity index is 656. The standard InChI is InChI=1S/C17H23N3O3/c1-12-17(23-11-19-12)10-22-16-3-2-14-8-20(9-15(21)7-18)5-4-13(14)6-16/h2-3,6,11,15,21H,4-5,7-10,18H2,1H3/t15-/m0/s1. The van der Waals surface area contributed by atoms with Crippen LogP contribution < -0.4 is 10.5 Å². The van der Waals surface area contributed by atoms with Crippen LogP contribution in [0.1, 0.15) is 22.6 Å². The quantitative estimate of drug-likeness (QED) is 0.834.